The fourth-order valence-electron chi connectivity index (χ4n) is 2.17. The summed E-state index contributed by atoms with van der Waals surface area (Å²) in [7, 11) is 1.64. The van der Waals surface area contributed by atoms with Gasteiger partial charge in [-0.2, -0.15) is 0 Å². The number of methoxy groups -OCH3 is 1. The molecular weight excluding hydrogens is 294 g/mol. The van der Waals surface area contributed by atoms with Crippen molar-refractivity contribution < 1.29 is 9.53 Å². The highest BCUT2D eigenvalue weighted by molar-refractivity contribution is 8.00. The highest BCUT2D eigenvalue weighted by Crippen LogP contribution is 2.28. The van der Waals surface area contributed by atoms with Crippen molar-refractivity contribution in [2.24, 2.45) is 0 Å². The lowest BCUT2D eigenvalue weighted by atomic mass is 10.1. The molecule has 0 saturated heterocycles. The maximum atomic E-state index is 12.4. The van der Waals surface area contributed by atoms with Crippen molar-refractivity contribution in [2.45, 2.75) is 30.9 Å². The van der Waals surface area contributed by atoms with Gasteiger partial charge in [-0.25, -0.2) is 0 Å². The van der Waals surface area contributed by atoms with Gasteiger partial charge in [0.2, 0.25) is 5.91 Å². The molecule has 1 atom stereocenters. The maximum Gasteiger partial charge on any atom is 0.237 e. The average Bonchev–Trinajstić information content (AvgIpc) is 2.51. The lowest BCUT2D eigenvalue weighted by Gasteiger charge is -2.15. The second-order valence-corrected chi connectivity index (χ2v) is 6.61. The van der Waals surface area contributed by atoms with Gasteiger partial charge in [0, 0.05) is 10.6 Å². The number of carbonyl (C=O) groups excluding carboxylic acids is 1. The van der Waals surface area contributed by atoms with Crippen molar-refractivity contribution >= 4 is 23.4 Å². The van der Waals surface area contributed by atoms with Crippen LogP contribution in [0.2, 0.25) is 0 Å². The first-order valence-corrected chi connectivity index (χ1v) is 8.07. The molecule has 3 nitrogen and oxygen atoms in total. The number of para-hydroxylation sites is 1. The molecule has 22 heavy (non-hydrogen) atoms. The van der Waals surface area contributed by atoms with Crippen LogP contribution >= 0.6 is 11.8 Å². The van der Waals surface area contributed by atoms with E-state index in [2.05, 4.69) is 5.32 Å². The minimum Gasteiger partial charge on any atom is -0.497 e. The summed E-state index contributed by atoms with van der Waals surface area (Å²) in [4.78, 5) is 13.4. The first-order valence-electron chi connectivity index (χ1n) is 7.19. The Kier molecular flexibility index (Phi) is 5.50. The Morgan fingerprint density at radius 3 is 2.41 bits per heavy atom. The lowest BCUT2D eigenvalue weighted by Crippen LogP contribution is -2.23. The largest absolute Gasteiger partial charge is 0.497 e. The molecule has 1 N–H and O–H groups in total. The number of aryl methyl sites for hydroxylation is 2. The van der Waals surface area contributed by atoms with Gasteiger partial charge in [-0.05, 0) is 50.1 Å². The Hall–Kier alpha value is -1.94. The van der Waals surface area contributed by atoms with E-state index in [0.717, 1.165) is 27.5 Å². The summed E-state index contributed by atoms with van der Waals surface area (Å²) >= 11 is 1.52. The van der Waals surface area contributed by atoms with Crippen molar-refractivity contribution in [3.05, 3.63) is 53.6 Å². The molecule has 4 heteroatoms. The molecule has 1 amide bonds. The van der Waals surface area contributed by atoms with Crippen LogP contribution in [0.25, 0.3) is 0 Å². The molecule has 0 fully saturated rings. The molecule has 2 aromatic rings. The Morgan fingerprint density at radius 2 is 1.77 bits per heavy atom. The van der Waals surface area contributed by atoms with Crippen molar-refractivity contribution in [1.29, 1.82) is 0 Å². The fourth-order valence-corrected chi connectivity index (χ4v) is 3.08. The molecule has 116 valence electrons. The fraction of sp³-hybridized carbons (Fsp3) is 0.278. The van der Waals surface area contributed by atoms with Crippen LogP contribution in [0.5, 0.6) is 5.75 Å². The summed E-state index contributed by atoms with van der Waals surface area (Å²) < 4.78 is 5.21. The molecule has 0 radical (unpaired) electrons. The summed E-state index contributed by atoms with van der Waals surface area (Å²) in [6, 6.07) is 13.7. The molecule has 2 aromatic carbocycles. The first-order chi connectivity index (χ1) is 10.5. The molecule has 0 bridgehead atoms. The smallest absolute Gasteiger partial charge is 0.237 e. The standard InChI is InChI=1S/C18H21NO2S/c1-12-7-5-8-13(2)17(12)19-18(20)14(3)22-16-10-6-9-15(11-16)21-4/h5-11,14H,1-4H3,(H,19,20). The van der Waals surface area contributed by atoms with Crippen molar-refractivity contribution in [3.63, 3.8) is 0 Å². The van der Waals surface area contributed by atoms with Crippen molar-refractivity contribution in [2.75, 3.05) is 12.4 Å². The molecule has 0 aliphatic rings. The number of hydrogen-bond acceptors (Lipinski definition) is 3. The molecule has 0 heterocycles. The first kappa shape index (κ1) is 16.4. The van der Waals surface area contributed by atoms with Gasteiger partial charge in [0.25, 0.3) is 0 Å². The van der Waals surface area contributed by atoms with Gasteiger partial charge in [0.15, 0.2) is 0 Å². The van der Waals surface area contributed by atoms with Gasteiger partial charge in [0.1, 0.15) is 5.75 Å². The number of benzene rings is 2. The van der Waals surface area contributed by atoms with Crippen LogP contribution in [0.3, 0.4) is 0 Å². The van der Waals surface area contributed by atoms with E-state index >= 15 is 0 Å². The molecule has 0 aliphatic carbocycles. The van der Waals surface area contributed by atoms with E-state index in [9.17, 15) is 4.79 Å². The third-order valence-electron chi connectivity index (χ3n) is 3.45. The van der Waals surface area contributed by atoms with E-state index in [1.807, 2.05) is 63.2 Å². The molecular formula is C18H21NO2S. The van der Waals surface area contributed by atoms with E-state index in [0.29, 0.717) is 0 Å². The average molecular weight is 315 g/mol. The van der Waals surface area contributed by atoms with E-state index in [1.54, 1.807) is 7.11 Å². The van der Waals surface area contributed by atoms with Crippen molar-refractivity contribution in [1.82, 2.24) is 0 Å². The number of anilines is 1. The van der Waals surface area contributed by atoms with E-state index in [-0.39, 0.29) is 11.2 Å². The van der Waals surface area contributed by atoms with Crippen LogP contribution in [0, 0.1) is 13.8 Å². The topological polar surface area (TPSA) is 38.3 Å². The Balaban J connectivity index is 2.06. The highest BCUT2D eigenvalue weighted by Gasteiger charge is 2.16. The number of ether oxygens (including phenoxy) is 1. The zero-order valence-electron chi connectivity index (χ0n) is 13.3. The molecule has 0 aromatic heterocycles. The summed E-state index contributed by atoms with van der Waals surface area (Å²) in [5.41, 5.74) is 3.06. The van der Waals surface area contributed by atoms with Crippen LogP contribution in [-0.2, 0) is 4.79 Å². The Morgan fingerprint density at radius 1 is 1.14 bits per heavy atom. The second kappa shape index (κ2) is 7.36. The van der Waals surface area contributed by atoms with Crippen LogP contribution in [-0.4, -0.2) is 18.3 Å². The quantitative estimate of drug-likeness (QED) is 0.829. The molecule has 0 saturated carbocycles. The Labute approximate surface area is 136 Å². The molecule has 0 aliphatic heterocycles. The number of thioether (sulfide) groups is 1. The van der Waals surface area contributed by atoms with Crippen molar-refractivity contribution in [3.8, 4) is 5.75 Å². The van der Waals surface area contributed by atoms with Gasteiger partial charge in [-0.15, -0.1) is 11.8 Å². The van der Waals surface area contributed by atoms with Gasteiger partial charge >= 0.3 is 0 Å². The zero-order valence-corrected chi connectivity index (χ0v) is 14.2. The number of rotatable bonds is 5. The van der Waals surface area contributed by atoms with Crippen LogP contribution in [0.4, 0.5) is 5.69 Å². The summed E-state index contributed by atoms with van der Waals surface area (Å²) in [5, 5.41) is 2.85. The normalized spacial score (nSPS) is 11.8. The third kappa shape index (κ3) is 4.04. The third-order valence-corrected chi connectivity index (χ3v) is 4.55. The number of carbonyl (C=O) groups is 1. The number of amides is 1. The number of nitrogens with one attached hydrogen (secondary N) is 1. The predicted octanol–water partition coefficient (Wildman–Crippen LogP) is 4.43. The lowest BCUT2D eigenvalue weighted by molar-refractivity contribution is -0.115. The summed E-state index contributed by atoms with van der Waals surface area (Å²) in [5.74, 6) is 0.803. The summed E-state index contributed by atoms with van der Waals surface area (Å²) in [6.45, 7) is 5.91. The van der Waals surface area contributed by atoms with E-state index in [1.165, 1.54) is 11.8 Å². The van der Waals surface area contributed by atoms with Crippen LogP contribution in [0.15, 0.2) is 47.4 Å². The monoisotopic (exact) mass is 315 g/mol. The van der Waals surface area contributed by atoms with Gasteiger partial charge in [0.05, 0.1) is 12.4 Å². The number of hydrogen-bond donors (Lipinski definition) is 1. The minimum absolute atomic E-state index is 0.00483. The SMILES string of the molecule is COc1cccc(SC(C)C(=O)Nc2c(C)cccc2C)c1. The highest BCUT2D eigenvalue weighted by atomic mass is 32.2. The zero-order chi connectivity index (χ0) is 16.1. The second-order valence-electron chi connectivity index (χ2n) is 5.20. The predicted molar refractivity (Wildman–Crippen MR) is 92.9 cm³/mol. The van der Waals surface area contributed by atoms with Crippen LogP contribution in [0.1, 0.15) is 18.1 Å². The van der Waals surface area contributed by atoms with Crippen LogP contribution < -0.4 is 10.1 Å². The van der Waals surface area contributed by atoms with E-state index < -0.39 is 0 Å². The van der Waals surface area contributed by atoms with Gasteiger partial charge < -0.3 is 10.1 Å². The molecule has 0 spiro atoms. The van der Waals surface area contributed by atoms with E-state index in [4.69, 9.17) is 4.74 Å². The molecule has 2 rings (SSSR count). The maximum absolute atomic E-state index is 12.4. The van der Waals surface area contributed by atoms with Gasteiger partial charge in [-0.3, -0.25) is 4.79 Å². The molecule has 1 unspecified atom stereocenters. The minimum atomic E-state index is -0.189. The summed E-state index contributed by atoms with van der Waals surface area (Å²) in [6.07, 6.45) is 0. The Bertz CT molecular complexity index is 650. The van der Waals surface area contributed by atoms with Gasteiger partial charge in [-0.1, -0.05) is 24.3 Å².